The fraction of sp³-hybridized carbons (Fsp3) is 0.167. The van der Waals surface area contributed by atoms with Gasteiger partial charge in [-0.15, -0.1) is 11.3 Å². The summed E-state index contributed by atoms with van der Waals surface area (Å²) in [4.78, 5) is 14.8. The summed E-state index contributed by atoms with van der Waals surface area (Å²) in [6, 6.07) is 5.85. The van der Waals surface area contributed by atoms with Gasteiger partial charge in [0.2, 0.25) is 10.0 Å². The van der Waals surface area contributed by atoms with E-state index in [9.17, 15) is 13.2 Å². The third-order valence-corrected chi connectivity index (χ3v) is 5.15. The Morgan fingerprint density at radius 2 is 2.20 bits per heavy atom. The second-order valence-corrected chi connectivity index (χ2v) is 6.67. The predicted molar refractivity (Wildman–Crippen MR) is 74.3 cm³/mol. The molecule has 2 heterocycles. The van der Waals surface area contributed by atoms with Crippen LogP contribution < -0.4 is 4.72 Å². The highest BCUT2D eigenvalue weighted by molar-refractivity contribution is 7.89. The Hall–Kier alpha value is -1.77. The van der Waals surface area contributed by atoms with Crippen LogP contribution in [0.25, 0.3) is 0 Å². The first-order valence-electron chi connectivity index (χ1n) is 5.65. The number of aromatic carboxylic acids is 1. The average Bonchev–Trinajstić information content (AvgIpc) is 2.90. The van der Waals surface area contributed by atoms with Gasteiger partial charge in [0.05, 0.1) is 16.6 Å². The molecule has 2 N–H and O–H groups in total. The first-order valence-corrected chi connectivity index (χ1v) is 8.01. The minimum Gasteiger partial charge on any atom is -0.477 e. The standard InChI is InChI=1S/C12H12N2O4S2/c1-8(10-4-2-3-5-13-10)14-20(17,18)9-6-11(12(15)16)19-7-9/h2-8,14H,1H3,(H,15,16). The second kappa shape index (κ2) is 5.70. The Morgan fingerprint density at radius 3 is 2.75 bits per heavy atom. The van der Waals surface area contributed by atoms with Crippen LogP contribution in [0.3, 0.4) is 0 Å². The van der Waals surface area contributed by atoms with E-state index in [1.807, 2.05) is 0 Å². The average molecular weight is 312 g/mol. The van der Waals surface area contributed by atoms with Crippen molar-refractivity contribution in [2.45, 2.75) is 17.9 Å². The van der Waals surface area contributed by atoms with Gasteiger partial charge < -0.3 is 5.11 Å². The molecule has 1 atom stereocenters. The summed E-state index contributed by atoms with van der Waals surface area (Å²) in [6.07, 6.45) is 1.58. The number of aromatic nitrogens is 1. The molecular formula is C12H12N2O4S2. The van der Waals surface area contributed by atoms with E-state index in [-0.39, 0.29) is 9.77 Å². The summed E-state index contributed by atoms with van der Waals surface area (Å²) in [5.74, 6) is -1.14. The van der Waals surface area contributed by atoms with E-state index in [1.165, 1.54) is 5.38 Å². The summed E-state index contributed by atoms with van der Waals surface area (Å²) in [5, 5.41) is 10.1. The summed E-state index contributed by atoms with van der Waals surface area (Å²) in [6.45, 7) is 1.67. The van der Waals surface area contributed by atoms with Crippen LogP contribution in [0.4, 0.5) is 0 Å². The molecule has 2 aromatic heterocycles. The Kier molecular flexibility index (Phi) is 4.17. The number of carbonyl (C=O) groups is 1. The van der Waals surface area contributed by atoms with E-state index >= 15 is 0 Å². The number of sulfonamides is 1. The highest BCUT2D eigenvalue weighted by atomic mass is 32.2. The van der Waals surface area contributed by atoms with Crippen molar-refractivity contribution in [3.63, 3.8) is 0 Å². The molecule has 106 valence electrons. The van der Waals surface area contributed by atoms with Crippen LogP contribution >= 0.6 is 11.3 Å². The Labute approximate surface area is 120 Å². The normalized spacial score (nSPS) is 13.1. The van der Waals surface area contributed by atoms with E-state index in [0.29, 0.717) is 5.69 Å². The zero-order valence-corrected chi connectivity index (χ0v) is 12.1. The predicted octanol–water partition coefficient (Wildman–Crippen LogP) is 1.88. The molecule has 0 spiro atoms. The molecule has 2 rings (SSSR count). The van der Waals surface area contributed by atoms with Gasteiger partial charge in [0.25, 0.3) is 0 Å². The highest BCUT2D eigenvalue weighted by Gasteiger charge is 2.21. The molecule has 20 heavy (non-hydrogen) atoms. The number of thiophene rings is 1. The molecular weight excluding hydrogens is 300 g/mol. The van der Waals surface area contributed by atoms with Crippen molar-refractivity contribution in [2.24, 2.45) is 0 Å². The van der Waals surface area contributed by atoms with E-state index in [4.69, 9.17) is 5.11 Å². The van der Waals surface area contributed by atoms with E-state index in [0.717, 1.165) is 17.4 Å². The Morgan fingerprint density at radius 1 is 1.45 bits per heavy atom. The number of pyridine rings is 1. The summed E-state index contributed by atoms with van der Waals surface area (Å²) in [5.41, 5.74) is 0.588. The second-order valence-electron chi connectivity index (χ2n) is 4.05. The third kappa shape index (κ3) is 3.21. The molecule has 2 aromatic rings. The van der Waals surface area contributed by atoms with E-state index < -0.39 is 22.0 Å². The summed E-state index contributed by atoms with van der Waals surface area (Å²) >= 11 is 0.873. The van der Waals surface area contributed by atoms with Crippen LogP contribution in [-0.2, 0) is 10.0 Å². The molecule has 0 radical (unpaired) electrons. The molecule has 0 aliphatic carbocycles. The van der Waals surface area contributed by atoms with Crippen LogP contribution in [0.15, 0.2) is 40.7 Å². The number of rotatable bonds is 5. The van der Waals surface area contributed by atoms with Gasteiger partial charge in [-0.25, -0.2) is 17.9 Å². The van der Waals surface area contributed by atoms with Crippen molar-refractivity contribution >= 4 is 27.3 Å². The number of hydrogen-bond acceptors (Lipinski definition) is 5. The highest BCUT2D eigenvalue weighted by Crippen LogP contribution is 2.21. The molecule has 6 nitrogen and oxygen atoms in total. The van der Waals surface area contributed by atoms with Gasteiger partial charge >= 0.3 is 5.97 Å². The monoisotopic (exact) mass is 312 g/mol. The number of nitrogens with zero attached hydrogens (tertiary/aromatic N) is 1. The topological polar surface area (TPSA) is 96.4 Å². The number of nitrogens with one attached hydrogen (secondary N) is 1. The molecule has 0 aromatic carbocycles. The van der Waals surface area contributed by atoms with Crippen LogP contribution in [0.2, 0.25) is 0 Å². The maximum Gasteiger partial charge on any atom is 0.345 e. The molecule has 0 saturated heterocycles. The van der Waals surface area contributed by atoms with Crippen LogP contribution in [0.1, 0.15) is 28.3 Å². The Balaban J connectivity index is 2.20. The van der Waals surface area contributed by atoms with Gasteiger partial charge in [-0.3, -0.25) is 4.98 Å². The lowest BCUT2D eigenvalue weighted by molar-refractivity contribution is 0.0702. The lowest BCUT2D eigenvalue weighted by Crippen LogP contribution is -2.27. The molecule has 0 amide bonds. The first kappa shape index (κ1) is 14.6. The largest absolute Gasteiger partial charge is 0.477 e. The summed E-state index contributed by atoms with van der Waals surface area (Å²) < 4.78 is 26.7. The molecule has 0 saturated carbocycles. The molecule has 0 aliphatic heterocycles. The van der Waals surface area contributed by atoms with Crippen LogP contribution in [0.5, 0.6) is 0 Å². The first-order chi connectivity index (χ1) is 9.40. The van der Waals surface area contributed by atoms with E-state index in [2.05, 4.69) is 9.71 Å². The summed E-state index contributed by atoms with van der Waals surface area (Å²) in [7, 11) is -3.76. The third-order valence-electron chi connectivity index (χ3n) is 2.56. The minimum atomic E-state index is -3.76. The molecule has 0 fully saturated rings. The number of hydrogen-bond donors (Lipinski definition) is 2. The SMILES string of the molecule is CC(NS(=O)(=O)c1csc(C(=O)O)c1)c1ccccn1. The lowest BCUT2D eigenvalue weighted by atomic mass is 10.2. The molecule has 0 aliphatic rings. The minimum absolute atomic E-state index is 0.0177. The van der Waals surface area contributed by atoms with Crippen molar-refractivity contribution < 1.29 is 18.3 Å². The van der Waals surface area contributed by atoms with Gasteiger partial charge in [0.1, 0.15) is 4.88 Å². The lowest BCUT2D eigenvalue weighted by Gasteiger charge is -2.12. The zero-order valence-electron chi connectivity index (χ0n) is 10.5. The molecule has 8 heteroatoms. The van der Waals surface area contributed by atoms with Gasteiger partial charge in [0.15, 0.2) is 0 Å². The van der Waals surface area contributed by atoms with Crippen molar-refractivity contribution in [1.82, 2.24) is 9.71 Å². The number of carboxylic acids is 1. The fourth-order valence-corrected chi connectivity index (χ4v) is 3.89. The van der Waals surface area contributed by atoms with Gasteiger partial charge in [-0.1, -0.05) is 6.07 Å². The molecule has 0 bridgehead atoms. The van der Waals surface area contributed by atoms with Crippen LogP contribution in [0, 0.1) is 0 Å². The maximum atomic E-state index is 12.1. The Bertz CT molecular complexity index is 710. The quantitative estimate of drug-likeness (QED) is 0.878. The fourth-order valence-electron chi connectivity index (χ4n) is 1.57. The smallest absolute Gasteiger partial charge is 0.345 e. The van der Waals surface area contributed by atoms with Crippen molar-refractivity contribution in [3.8, 4) is 0 Å². The van der Waals surface area contributed by atoms with Crippen LogP contribution in [-0.4, -0.2) is 24.5 Å². The van der Waals surface area contributed by atoms with Gasteiger partial charge in [0, 0.05) is 11.6 Å². The zero-order chi connectivity index (χ0) is 14.8. The van der Waals surface area contributed by atoms with Crippen molar-refractivity contribution in [3.05, 3.63) is 46.4 Å². The van der Waals surface area contributed by atoms with Gasteiger partial charge in [-0.05, 0) is 25.1 Å². The molecule has 1 unspecified atom stereocenters. The van der Waals surface area contributed by atoms with Gasteiger partial charge in [-0.2, -0.15) is 0 Å². The van der Waals surface area contributed by atoms with Crippen molar-refractivity contribution in [1.29, 1.82) is 0 Å². The van der Waals surface area contributed by atoms with E-state index in [1.54, 1.807) is 31.3 Å². The number of carboxylic acid groups (broad SMARTS) is 1. The van der Waals surface area contributed by atoms with Crippen molar-refractivity contribution in [2.75, 3.05) is 0 Å². The maximum absolute atomic E-state index is 12.1.